The Morgan fingerprint density at radius 3 is 2.40 bits per heavy atom. The molecule has 0 radical (unpaired) electrons. The Hall–Kier alpha value is -1.22. The van der Waals surface area contributed by atoms with Crippen molar-refractivity contribution in [2.45, 2.75) is 26.4 Å². The molecular formula is C5H10N3O2+. The normalized spacial score (nSPS) is 9.90. The Morgan fingerprint density at radius 1 is 1.60 bits per heavy atom. The number of carbonyl (C=O) groups excluding carboxylic acids is 1. The van der Waals surface area contributed by atoms with Gasteiger partial charge in [0.05, 0.1) is 0 Å². The first kappa shape index (κ1) is 8.78. The van der Waals surface area contributed by atoms with Crippen LogP contribution in [0.4, 0.5) is 4.79 Å². The summed E-state index contributed by atoms with van der Waals surface area (Å²) in [4.78, 5) is 13.0. The van der Waals surface area contributed by atoms with Gasteiger partial charge < -0.3 is 4.74 Å². The Kier molecular flexibility index (Phi) is 2.70. The van der Waals surface area contributed by atoms with Crippen LogP contribution in [0.5, 0.6) is 0 Å². The van der Waals surface area contributed by atoms with Gasteiger partial charge in [0.25, 0.3) is 0 Å². The summed E-state index contributed by atoms with van der Waals surface area (Å²) in [6.45, 7) is 5.14. The van der Waals surface area contributed by atoms with E-state index in [0.717, 1.165) is 0 Å². The summed E-state index contributed by atoms with van der Waals surface area (Å²) in [6, 6.07) is 0. The van der Waals surface area contributed by atoms with E-state index in [9.17, 15) is 4.79 Å². The second-order valence-corrected chi connectivity index (χ2v) is 2.68. The summed E-state index contributed by atoms with van der Waals surface area (Å²) in [5.41, 5.74) is 5.63. The van der Waals surface area contributed by atoms with E-state index in [4.69, 9.17) is 5.53 Å². The van der Waals surface area contributed by atoms with Gasteiger partial charge in [0, 0.05) is 0 Å². The number of nitrogens with zero attached hydrogens (tertiary/aromatic N) is 2. The highest BCUT2D eigenvalue weighted by atomic mass is 16.6. The lowest BCUT2D eigenvalue weighted by molar-refractivity contribution is 0.0588. The third kappa shape index (κ3) is 4.93. The third-order valence-corrected chi connectivity index (χ3v) is 0.525. The molecule has 10 heavy (non-hydrogen) atoms. The van der Waals surface area contributed by atoms with Crippen molar-refractivity contribution in [3.63, 3.8) is 0 Å². The van der Waals surface area contributed by atoms with E-state index >= 15 is 0 Å². The van der Waals surface area contributed by atoms with E-state index < -0.39 is 11.7 Å². The van der Waals surface area contributed by atoms with Crippen molar-refractivity contribution in [3.05, 3.63) is 0 Å². The molecule has 0 aliphatic carbocycles. The number of hydrogen-bond acceptors (Lipinski definition) is 3. The minimum atomic E-state index is -0.831. The first-order valence-corrected chi connectivity index (χ1v) is 2.76. The lowest BCUT2D eigenvalue weighted by atomic mass is 10.2. The molecular weight excluding hydrogens is 134 g/mol. The number of hydrogen-bond donors (Lipinski definition) is 1. The van der Waals surface area contributed by atoms with Gasteiger partial charge in [0.1, 0.15) is 11.1 Å². The van der Waals surface area contributed by atoms with Crippen LogP contribution < -0.4 is 4.91 Å². The van der Waals surface area contributed by atoms with Crippen LogP contribution in [-0.2, 0) is 4.74 Å². The van der Waals surface area contributed by atoms with Gasteiger partial charge in [0.2, 0.25) is 10.0 Å². The summed E-state index contributed by atoms with van der Waals surface area (Å²) in [5, 5.41) is 2.84. The van der Waals surface area contributed by atoms with Gasteiger partial charge in [-0.2, -0.15) is 0 Å². The molecule has 5 nitrogen and oxygen atoms in total. The zero-order valence-electron chi connectivity index (χ0n) is 6.21. The molecule has 0 saturated heterocycles. The van der Waals surface area contributed by atoms with Crippen molar-refractivity contribution >= 4 is 6.09 Å². The summed E-state index contributed by atoms with van der Waals surface area (Å²) in [6.07, 6.45) is -0.831. The molecule has 5 heteroatoms. The predicted octanol–water partition coefficient (Wildman–Crippen LogP) is 1.47. The van der Waals surface area contributed by atoms with E-state index in [1.807, 2.05) is 0 Å². The Morgan fingerprint density at radius 2 is 2.10 bits per heavy atom. The van der Waals surface area contributed by atoms with Crippen LogP contribution in [0.1, 0.15) is 20.8 Å². The number of ether oxygens (including phenoxy) is 1. The van der Waals surface area contributed by atoms with Crippen molar-refractivity contribution in [1.82, 2.24) is 4.91 Å². The Bertz CT molecular complexity index is 176. The Labute approximate surface area is 58.6 Å². The summed E-state index contributed by atoms with van der Waals surface area (Å²) in [5.74, 6) is 0. The molecule has 0 fully saturated rings. The van der Waals surface area contributed by atoms with E-state index in [1.165, 1.54) is 0 Å². The van der Waals surface area contributed by atoms with Crippen molar-refractivity contribution < 1.29 is 9.53 Å². The lowest BCUT2D eigenvalue weighted by Crippen LogP contribution is -2.21. The summed E-state index contributed by atoms with van der Waals surface area (Å²) in [7, 11) is 0. The van der Waals surface area contributed by atoms with Gasteiger partial charge in [-0.1, -0.05) is 0 Å². The fourth-order valence-corrected chi connectivity index (χ4v) is 0.323. The molecule has 0 aromatic heterocycles. The molecule has 0 spiro atoms. The van der Waals surface area contributed by atoms with Crippen LogP contribution in [0.2, 0.25) is 0 Å². The summed E-state index contributed by atoms with van der Waals surface area (Å²) >= 11 is 0. The standard InChI is InChI=1S/C5H10N3O2/c1-5(2,3)10-4(9)7-8-6/h6H,1-3H3/q+1. The highest BCUT2D eigenvalue weighted by Crippen LogP contribution is 2.07. The number of nitrogens with one attached hydrogen (secondary N) is 1. The molecule has 0 bridgehead atoms. The molecule has 0 saturated carbocycles. The molecule has 0 unspecified atom stereocenters. The maximum atomic E-state index is 10.5. The molecule has 0 rings (SSSR count). The molecule has 0 aliphatic heterocycles. The molecule has 1 N–H and O–H groups in total. The SMILES string of the molecule is CC(C)(C)OC(=O)N=[N+]=N. The highest BCUT2D eigenvalue weighted by Gasteiger charge is 2.18. The second kappa shape index (κ2) is 3.08. The molecule has 0 aromatic rings. The maximum Gasteiger partial charge on any atom is 0.512 e. The van der Waals surface area contributed by atoms with Gasteiger partial charge in [-0.25, -0.2) is 4.79 Å². The largest absolute Gasteiger partial charge is 0.512 e. The van der Waals surface area contributed by atoms with Gasteiger partial charge in [-0.3, -0.25) is 0 Å². The minimum absolute atomic E-state index is 0.564. The van der Waals surface area contributed by atoms with Gasteiger partial charge in [-0.05, 0) is 20.8 Å². The van der Waals surface area contributed by atoms with Gasteiger partial charge in [-0.15, -0.1) is 0 Å². The van der Waals surface area contributed by atoms with Crippen LogP contribution in [-0.4, -0.2) is 11.7 Å². The van der Waals surface area contributed by atoms with Crippen LogP contribution >= 0.6 is 0 Å². The van der Waals surface area contributed by atoms with Crippen molar-refractivity contribution in [2.75, 3.05) is 0 Å². The first-order valence-electron chi connectivity index (χ1n) is 2.76. The third-order valence-electron chi connectivity index (χ3n) is 0.525. The van der Waals surface area contributed by atoms with E-state index in [-0.39, 0.29) is 0 Å². The van der Waals surface area contributed by atoms with Crippen LogP contribution in [0.25, 0.3) is 0 Å². The second-order valence-electron chi connectivity index (χ2n) is 2.68. The van der Waals surface area contributed by atoms with Crippen LogP contribution in [0.15, 0.2) is 5.11 Å². The first-order chi connectivity index (χ1) is 4.45. The monoisotopic (exact) mass is 144 g/mol. The predicted molar refractivity (Wildman–Crippen MR) is 33.5 cm³/mol. The van der Waals surface area contributed by atoms with E-state index in [1.54, 1.807) is 20.8 Å². The number of rotatable bonds is 0. The topological polar surface area (TPSA) is 76.6 Å². The van der Waals surface area contributed by atoms with Crippen molar-refractivity contribution in [3.8, 4) is 0 Å². The number of carbonyl (C=O) groups is 1. The Balaban J connectivity index is 3.92. The van der Waals surface area contributed by atoms with Crippen LogP contribution in [0.3, 0.4) is 0 Å². The van der Waals surface area contributed by atoms with Crippen molar-refractivity contribution in [1.29, 1.82) is 5.53 Å². The molecule has 0 heterocycles. The maximum absolute atomic E-state index is 10.5. The molecule has 56 valence electrons. The molecule has 0 atom stereocenters. The zero-order valence-corrected chi connectivity index (χ0v) is 6.21. The smallest absolute Gasteiger partial charge is 0.438 e. The van der Waals surface area contributed by atoms with Gasteiger partial charge in [0.15, 0.2) is 0 Å². The molecule has 1 amide bonds. The highest BCUT2D eigenvalue weighted by molar-refractivity contribution is 5.67. The molecule has 0 aromatic carbocycles. The number of amides is 1. The molecule has 0 aliphatic rings. The average Bonchev–Trinajstić information content (AvgIpc) is 1.59. The van der Waals surface area contributed by atoms with Gasteiger partial charge >= 0.3 is 6.09 Å². The fraction of sp³-hybridized carbons (Fsp3) is 0.800. The fourth-order valence-electron chi connectivity index (χ4n) is 0.323. The quantitative estimate of drug-likeness (QED) is 0.412. The minimum Gasteiger partial charge on any atom is -0.438 e. The summed E-state index contributed by atoms with van der Waals surface area (Å²) < 4.78 is 4.66. The average molecular weight is 144 g/mol. The van der Waals surface area contributed by atoms with E-state index in [0.29, 0.717) is 0 Å². The van der Waals surface area contributed by atoms with Crippen LogP contribution in [0, 0.1) is 5.53 Å². The zero-order chi connectivity index (χ0) is 8.20. The van der Waals surface area contributed by atoms with Crippen molar-refractivity contribution in [2.24, 2.45) is 5.11 Å². The van der Waals surface area contributed by atoms with E-state index in [2.05, 4.69) is 14.8 Å². The lowest BCUT2D eigenvalue weighted by Gasteiger charge is -2.15.